The third kappa shape index (κ3) is 3.86. The van der Waals surface area contributed by atoms with Crippen LogP contribution in [0.4, 0.5) is 0 Å². The van der Waals surface area contributed by atoms with Crippen LogP contribution in [0.2, 0.25) is 0 Å². The molecule has 2 aliphatic heterocycles. The Hall–Kier alpha value is -3.40. The van der Waals surface area contributed by atoms with E-state index in [0.717, 1.165) is 5.56 Å². The number of hydrogen-bond acceptors (Lipinski definition) is 6. The van der Waals surface area contributed by atoms with E-state index in [0.29, 0.717) is 11.6 Å². The zero-order chi connectivity index (χ0) is 21.3. The van der Waals surface area contributed by atoms with Crippen molar-refractivity contribution in [3.63, 3.8) is 0 Å². The largest absolute Gasteiger partial charge is 0.497 e. The Labute approximate surface area is 174 Å². The average molecular weight is 427 g/mol. The molecule has 0 aliphatic carbocycles. The first kappa shape index (κ1) is 19.9. The van der Waals surface area contributed by atoms with Crippen molar-refractivity contribution in [2.24, 2.45) is 11.4 Å². The van der Waals surface area contributed by atoms with Crippen LogP contribution in [0, 0.1) is 0 Å². The van der Waals surface area contributed by atoms with Gasteiger partial charge in [0.15, 0.2) is 5.84 Å². The molecule has 1 aromatic carbocycles. The molecule has 2 aromatic rings. The van der Waals surface area contributed by atoms with E-state index in [1.54, 1.807) is 42.8 Å². The number of nitrogens with one attached hydrogen (secondary N) is 1. The van der Waals surface area contributed by atoms with Crippen molar-refractivity contribution in [3.8, 4) is 5.75 Å². The standard InChI is InChI=1S/C20H21N5O4S/c1-24-10-8-21-19(24)17(14-5-3-6-15(13-14)29-2)22-20(26)16-7-4-9-25-11-12-30(27,28)23-18(16)25/h3-10,13,17H,11-12H2,1-2H3,(H,22,26)/t17-/m1/s1. The van der Waals surface area contributed by atoms with Gasteiger partial charge in [-0.25, -0.2) is 13.4 Å². The number of sulfonamides is 1. The lowest BCUT2D eigenvalue weighted by Crippen LogP contribution is -2.43. The number of hydrogen-bond donors (Lipinski definition) is 1. The highest BCUT2D eigenvalue weighted by Crippen LogP contribution is 2.25. The summed E-state index contributed by atoms with van der Waals surface area (Å²) in [5.74, 6) is 0.866. The van der Waals surface area contributed by atoms with Crippen LogP contribution in [-0.4, -0.2) is 54.0 Å². The van der Waals surface area contributed by atoms with Crippen LogP contribution in [0.3, 0.4) is 0 Å². The number of ether oxygens (including phenoxy) is 1. The summed E-state index contributed by atoms with van der Waals surface area (Å²) in [5.41, 5.74) is 0.960. The number of aromatic nitrogens is 2. The first-order chi connectivity index (χ1) is 14.4. The minimum atomic E-state index is -3.60. The fourth-order valence-corrected chi connectivity index (χ4v) is 4.36. The van der Waals surface area contributed by atoms with E-state index in [9.17, 15) is 13.2 Å². The Kier molecular flexibility index (Phi) is 5.17. The molecular formula is C20H21N5O4S. The molecule has 0 saturated heterocycles. The number of imidazole rings is 1. The minimum Gasteiger partial charge on any atom is -0.497 e. The SMILES string of the molecule is COc1cccc([C@@H](NC(=O)C2=CC=CN3CCS(=O)(=O)N=C23)c2nccn2C)c1. The number of amidine groups is 1. The molecule has 30 heavy (non-hydrogen) atoms. The predicted octanol–water partition coefficient (Wildman–Crippen LogP) is 1.13. The molecule has 1 amide bonds. The van der Waals surface area contributed by atoms with Crippen molar-refractivity contribution >= 4 is 21.8 Å². The molecule has 0 bridgehead atoms. The van der Waals surface area contributed by atoms with Crippen LogP contribution in [0.25, 0.3) is 0 Å². The Balaban J connectivity index is 1.70. The highest BCUT2D eigenvalue weighted by Gasteiger charge is 2.31. The van der Waals surface area contributed by atoms with Crippen molar-refractivity contribution in [2.75, 3.05) is 19.4 Å². The fourth-order valence-electron chi connectivity index (χ4n) is 3.38. The number of carbonyl (C=O) groups is 1. The highest BCUT2D eigenvalue weighted by atomic mass is 32.2. The second kappa shape index (κ2) is 7.79. The highest BCUT2D eigenvalue weighted by molar-refractivity contribution is 7.90. The Bertz CT molecular complexity index is 1180. The van der Waals surface area contributed by atoms with Gasteiger partial charge in [-0.15, -0.1) is 4.40 Å². The van der Waals surface area contributed by atoms with Gasteiger partial charge in [0.25, 0.3) is 15.9 Å². The van der Waals surface area contributed by atoms with E-state index in [1.165, 1.54) is 0 Å². The van der Waals surface area contributed by atoms with E-state index in [4.69, 9.17) is 4.74 Å². The van der Waals surface area contributed by atoms with Gasteiger partial charge in [0.2, 0.25) is 0 Å². The molecule has 156 valence electrons. The molecule has 3 heterocycles. The van der Waals surface area contributed by atoms with Gasteiger partial charge < -0.3 is 19.5 Å². The van der Waals surface area contributed by atoms with Crippen molar-refractivity contribution in [2.45, 2.75) is 6.04 Å². The lowest BCUT2D eigenvalue weighted by Gasteiger charge is -2.29. The molecule has 4 rings (SSSR count). The van der Waals surface area contributed by atoms with Crippen LogP contribution in [-0.2, 0) is 21.9 Å². The number of benzene rings is 1. The number of amides is 1. The number of nitrogens with zero attached hydrogens (tertiary/aromatic N) is 4. The second-order valence-corrected chi connectivity index (χ2v) is 8.65. The fraction of sp³-hybridized carbons (Fsp3) is 0.250. The summed E-state index contributed by atoms with van der Waals surface area (Å²) in [6.45, 7) is 0.251. The Morgan fingerprint density at radius 3 is 2.90 bits per heavy atom. The Morgan fingerprint density at radius 2 is 2.17 bits per heavy atom. The zero-order valence-corrected chi connectivity index (χ0v) is 17.3. The van der Waals surface area contributed by atoms with Crippen LogP contribution >= 0.6 is 0 Å². The van der Waals surface area contributed by atoms with E-state index >= 15 is 0 Å². The van der Waals surface area contributed by atoms with E-state index in [-0.39, 0.29) is 23.7 Å². The number of rotatable bonds is 5. The molecule has 0 radical (unpaired) electrons. The van der Waals surface area contributed by atoms with Crippen molar-refractivity contribution in [1.29, 1.82) is 0 Å². The van der Waals surface area contributed by atoms with Crippen molar-refractivity contribution < 1.29 is 17.9 Å². The summed E-state index contributed by atoms with van der Waals surface area (Å²) in [5, 5.41) is 2.98. The quantitative estimate of drug-likeness (QED) is 0.767. The minimum absolute atomic E-state index is 0.0879. The van der Waals surface area contributed by atoms with Gasteiger partial charge in [0.05, 0.1) is 18.4 Å². The van der Waals surface area contributed by atoms with Gasteiger partial charge >= 0.3 is 0 Å². The maximum absolute atomic E-state index is 13.2. The van der Waals surface area contributed by atoms with Crippen LogP contribution in [0.5, 0.6) is 5.75 Å². The normalized spacial score (nSPS) is 18.1. The lowest BCUT2D eigenvalue weighted by molar-refractivity contribution is -0.117. The first-order valence-electron chi connectivity index (χ1n) is 9.28. The summed E-state index contributed by atoms with van der Waals surface area (Å²) >= 11 is 0. The van der Waals surface area contributed by atoms with E-state index in [1.807, 2.05) is 35.9 Å². The van der Waals surface area contributed by atoms with Crippen LogP contribution in [0.15, 0.2) is 65.0 Å². The summed E-state index contributed by atoms with van der Waals surface area (Å²) in [6, 6.07) is 6.76. The molecular weight excluding hydrogens is 406 g/mol. The number of aryl methyl sites for hydroxylation is 1. The van der Waals surface area contributed by atoms with Crippen LogP contribution in [0.1, 0.15) is 17.4 Å². The maximum Gasteiger partial charge on any atom is 0.256 e. The molecule has 10 heteroatoms. The smallest absolute Gasteiger partial charge is 0.256 e. The molecule has 0 fully saturated rings. The molecule has 1 aromatic heterocycles. The molecule has 0 saturated carbocycles. The number of methoxy groups -OCH3 is 1. The maximum atomic E-state index is 13.2. The monoisotopic (exact) mass is 427 g/mol. The number of allylic oxidation sites excluding steroid dienone is 2. The van der Waals surface area contributed by atoms with Crippen molar-refractivity contribution in [3.05, 3.63) is 72.0 Å². The summed E-state index contributed by atoms with van der Waals surface area (Å²) < 4.78 is 34.9. The van der Waals surface area contributed by atoms with Gasteiger partial charge in [-0.05, 0) is 29.8 Å². The second-order valence-electron chi connectivity index (χ2n) is 6.90. The number of fused-ring (bicyclic) bond motifs is 1. The van der Waals surface area contributed by atoms with Crippen LogP contribution < -0.4 is 10.1 Å². The third-order valence-corrected chi connectivity index (χ3v) is 6.07. The molecule has 1 N–H and O–H groups in total. The van der Waals surface area contributed by atoms with Gasteiger partial charge in [-0.2, -0.15) is 0 Å². The van der Waals surface area contributed by atoms with Crippen molar-refractivity contribution in [1.82, 2.24) is 19.8 Å². The van der Waals surface area contributed by atoms with E-state index in [2.05, 4.69) is 14.7 Å². The zero-order valence-electron chi connectivity index (χ0n) is 16.5. The average Bonchev–Trinajstić information content (AvgIpc) is 3.16. The lowest BCUT2D eigenvalue weighted by atomic mass is 10.0. The van der Waals surface area contributed by atoms with E-state index < -0.39 is 22.0 Å². The molecule has 0 spiro atoms. The van der Waals surface area contributed by atoms with Gasteiger partial charge in [0, 0.05) is 32.2 Å². The molecule has 1 atom stereocenters. The topological polar surface area (TPSA) is 106 Å². The molecule has 9 nitrogen and oxygen atoms in total. The Morgan fingerprint density at radius 1 is 1.33 bits per heavy atom. The molecule has 2 aliphatic rings. The van der Waals surface area contributed by atoms with Gasteiger partial charge in [-0.3, -0.25) is 4.79 Å². The first-order valence-corrected chi connectivity index (χ1v) is 10.9. The summed E-state index contributed by atoms with van der Waals surface area (Å²) in [6.07, 6.45) is 8.41. The van der Waals surface area contributed by atoms with Gasteiger partial charge in [0.1, 0.15) is 17.6 Å². The summed E-state index contributed by atoms with van der Waals surface area (Å²) in [7, 11) is -0.191. The molecule has 0 unspecified atom stereocenters. The van der Waals surface area contributed by atoms with Gasteiger partial charge in [-0.1, -0.05) is 12.1 Å². The summed E-state index contributed by atoms with van der Waals surface area (Å²) in [4.78, 5) is 19.3. The predicted molar refractivity (Wildman–Crippen MR) is 111 cm³/mol. The third-order valence-electron chi connectivity index (χ3n) is 4.92. The number of carbonyl (C=O) groups excluding carboxylic acids is 1.